The van der Waals surface area contributed by atoms with E-state index in [0.29, 0.717) is 0 Å². The number of rotatable bonds is 4. The molecule has 22 heavy (non-hydrogen) atoms. The fourth-order valence-electron chi connectivity index (χ4n) is 2.48. The molecule has 0 spiro atoms. The standard InChI is InChI=1S/C18H18ClN3/c1-3-22-12-14(16-6-4-5-7-18(16)22)11-20-21-15-9-8-13(2)17(19)10-15/h4-12,21H,3H2,1-2H3/b20-11+. The van der Waals surface area contributed by atoms with Crippen molar-refractivity contribution in [1.82, 2.24) is 4.57 Å². The maximum atomic E-state index is 6.11. The number of fused-ring (bicyclic) bond motifs is 1. The molecule has 3 aromatic rings. The van der Waals surface area contributed by atoms with Gasteiger partial charge in [0.2, 0.25) is 0 Å². The summed E-state index contributed by atoms with van der Waals surface area (Å²) in [6.07, 6.45) is 3.97. The smallest absolute Gasteiger partial charge is 0.0576 e. The van der Waals surface area contributed by atoms with Gasteiger partial charge in [-0.15, -0.1) is 0 Å². The highest BCUT2D eigenvalue weighted by Crippen LogP contribution is 2.21. The zero-order chi connectivity index (χ0) is 15.5. The SMILES string of the molecule is CCn1cc(/C=N/Nc2ccc(C)c(Cl)c2)c2ccccc21. The predicted molar refractivity (Wildman–Crippen MR) is 95.0 cm³/mol. The van der Waals surface area contributed by atoms with Gasteiger partial charge in [0.15, 0.2) is 0 Å². The lowest BCUT2D eigenvalue weighted by molar-refractivity contribution is 0.797. The Bertz CT molecular complexity index is 833. The number of nitrogens with one attached hydrogen (secondary N) is 1. The van der Waals surface area contributed by atoms with Crippen LogP contribution in [0.1, 0.15) is 18.1 Å². The van der Waals surface area contributed by atoms with Crippen LogP contribution in [0.2, 0.25) is 5.02 Å². The molecule has 0 atom stereocenters. The lowest BCUT2D eigenvalue weighted by Gasteiger charge is -2.02. The molecule has 1 heterocycles. The van der Waals surface area contributed by atoms with Crippen molar-refractivity contribution in [3.8, 4) is 0 Å². The summed E-state index contributed by atoms with van der Waals surface area (Å²) in [6.45, 7) is 5.06. The van der Waals surface area contributed by atoms with Crippen LogP contribution in [0.5, 0.6) is 0 Å². The number of aryl methyl sites for hydroxylation is 2. The minimum atomic E-state index is 0.739. The Morgan fingerprint density at radius 2 is 2.05 bits per heavy atom. The number of halogens is 1. The van der Waals surface area contributed by atoms with Gasteiger partial charge >= 0.3 is 0 Å². The van der Waals surface area contributed by atoms with Crippen LogP contribution in [0.4, 0.5) is 5.69 Å². The Balaban J connectivity index is 1.85. The monoisotopic (exact) mass is 311 g/mol. The molecule has 0 bridgehead atoms. The fourth-order valence-corrected chi connectivity index (χ4v) is 2.66. The molecule has 112 valence electrons. The number of aromatic nitrogens is 1. The van der Waals surface area contributed by atoms with Gasteiger partial charge in [-0.1, -0.05) is 35.9 Å². The molecule has 0 unspecified atom stereocenters. The molecule has 0 aliphatic carbocycles. The molecule has 0 aliphatic rings. The van der Waals surface area contributed by atoms with Crippen LogP contribution in [0.25, 0.3) is 10.9 Å². The molecule has 2 aromatic carbocycles. The van der Waals surface area contributed by atoms with Crippen LogP contribution in [0.15, 0.2) is 53.8 Å². The molecule has 1 N–H and O–H groups in total. The fraction of sp³-hybridized carbons (Fsp3) is 0.167. The average Bonchev–Trinajstić information content (AvgIpc) is 2.89. The Morgan fingerprint density at radius 3 is 2.82 bits per heavy atom. The van der Waals surface area contributed by atoms with Crippen LogP contribution in [-0.4, -0.2) is 10.8 Å². The summed E-state index contributed by atoms with van der Waals surface area (Å²) in [5.74, 6) is 0. The van der Waals surface area contributed by atoms with Gasteiger partial charge in [-0.2, -0.15) is 5.10 Å². The van der Waals surface area contributed by atoms with Gasteiger partial charge in [0.25, 0.3) is 0 Å². The molecule has 0 saturated carbocycles. The highest BCUT2D eigenvalue weighted by molar-refractivity contribution is 6.31. The van der Waals surface area contributed by atoms with E-state index in [0.717, 1.165) is 28.4 Å². The van der Waals surface area contributed by atoms with Crippen LogP contribution in [0, 0.1) is 6.92 Å². The lowest BCUT2D eigenvalue weighted by Crippen LogP contribution is -1.91. The van der Waals surface area contributed by atoms with Crippen LogP contribution >= 0.6 is 11.6 Å². The van der Waals surface area contributed by atoms with E-state index < -0.39 is 0 Å². The van der Waals surface area contributed by atoms with Crippen molar-refractivity contribution >= 4 is 34.4 Å². The van der Waals surface area contributed by atoms with Crippen molar-refractivity contribution in [2.45, 2.75) is 20.4 Å². The minimum Gasteiger partial charge on any atom is -0.347 e. The van der Waals surface area contributed by atoms with E-state index in [1.165, 1.54) is 10.9 Å². The second kappa shape index (κ2) is 6.24. The van der Waals surface area contributed by atoms with Gasteiger partial charge in [-0.25, -0.2) is 0 Å². The van der Waals surface area contributed by atoms with Crippen molar-refractivity contribution in [3.05, 3.63) is 64.8 Å². The third-order valence-electron chi connectivity index (χ3n) is 3.73. The van der Waals surface area contributed by atoms with E-state index >= 15 is 0 Å². The topological polar surface area (TPSA) is 29.3 Å². The zero-order valence-electron chi connectivity index (χ0n) is 12.7. The van der Waals surface area contributed by atoms with Gasteiger partial charge in [0.1, 0.15) is 0 Å². The third-order valence-corrected chi connectivity index (χ3v) is 4.14. The summed E-state index contributed by atoms with van der Waals surface area (Å²) in [6, 6.07) is 14.2. The number of hydrazone groups is 1. The Kier molecular flexibility index (Phi) is 4.16. The van der Waals surface area contributed by atoms with Crippen LogP contribution in [0.3, 0.4) is 0 Å². The molecule has 1 aromatic heterocycles. The number of hydrogen-bond acceptors (Lipinski definition) is 2. The molecular weight excluding hydrogens is 294 g/mol. The summed E-state index contributed by atoms with van der Waals surface area (Å²) < 4.78 is 2.22. The number of anilines is 1. The summed E-state index contributed by atoms with van der Waals surface area (Å²) in [5, 5.41) is 6.28. The summed E-state index contributed by atoms with van der Waals surface area (Å²) >= 11 is 6.11. The van der Waals surface area contributed by atoms with Crippen molar-refractivity contribution in [2.75, 3.05) is 5.43 Å². The first-order chi connectivity index (χ1) is 10.7. The van der Waals surface area contributed by atoms with E-state index in [-0.39, 0.29) is 0 Å². The summed E-state index contributed by atoms with van der Waals surface area (Å²) in [7, 11) is 0. The first-order valence-electron chi connectivity index (χ1n) is 7.32. The highest BCUT2D eigenvalue weighted by Gasteiger charge is 2.04. The quantitative estimate of drug-likeness (QED) is 0.529. The molecule has 3 rings (SSSR count). The lowest BCUT2D eigenvalue weighted by atomic mass is 10.2. The molecule has 0 amide bonds. The van der Waals surface area contributed by atoms with E-state index in [2.05, 4.69) is 46.4 Å². The van der Waals surface area contributed by atoms with Crippen LogP contribution < -0.4 is 5.43 Å². The van der Waals surface area contributed by atoms with E-state index in [1.807, 2.05) is 37.4 Å². The van der Waals surface area contributed by atoms with E-state index in [4.69, 9.17) is 11.6 Å². The number of hydrogen-bond donors (Lipinski definition) is 1. The minimum absolute atomic E-state index is 0.739. The molecule has 0 fully saturated rings. The predicted octanol–water partition coefficient (Wildman–Crippen LogP) is 5.07. The maximum absolute atomic E-state index is 6.11. The average molecular weight is 312 g/mol. The Hall–Kier alpha value is -2.26. The van der Waals surface area contributed by atoms with Gasteiger partial charge < -0.3 is 4.57 Å². The van der Waals surface area contributed by atoms with Crippen molar-refractivity contribution in [1.29, 1.82) is 0 Å². The van der Waals surface area contributed by atoms with Crippen LogP contribution in [-0.2, 0) is 6.54 Å². The van der Waals surface area contributed by atoms with E-state index in [9.17, 15) is 0 Å². The number of para-hydroxylation sites is 1. The summed E-state index contributed by atoms with van der Waals surface area (Å²) in [4.78, 5) is 0. The molecule has 0 saturated heterocycles. The van der Waals surface area contributed by atoms with Crippen molar-refractivity contribution in [3.63, 3.8) is 0 Å². The van der Waals surface area contributed by atoms with Crippen molar-refractivity contribution < 1.29 is 0 Å². The second-order valence-corrected chi connectivity index (χ2v) is 5.63. The maximum Gasteiger partial charge on any atom is 0.0576 e. The number of nitrogens with zero attached hydrogens (tertiary/aromatic N) is 2. The van der Waals surface area contributed by atoms with E-state index in [1.54, 1.807) is 0 Å². The van der Waals surface area contributed by atoms with Gasteiger partial charge in [0, 0.05) is 34.2 Å². The first-order valence-corrected chi connectivity index (χ1v) is 7.70. The molecule has 4 heteroatoms. The normalized spacial score (nSPS) is 11.4. The Labute approximate surface area is 135 Å². The molecule has 0 aliphatic heterocycles. The molecule has 0 radical (unpaired) electrons. The van der Waals surface area contributed by atoms with Gasteiger partial charge in [0.05, 0.1) is 11.9 Å². The first kappa shape index (κ1) is 14.7. The second-order valence-electron chi connectivity index (χ2n) is 5.22. The molecular formula is C18H18ClN3. The van der Waals surface area contributed by atoms with Gasteiger partial charge in [-0.05, 0) is 37.6 Å². The highest BCUT2D eigenvalue weighted by atomic mass is 35.5. The molecule has 3 nitrogen and oxygen atoms in total. The third kappa shape index (κ3) is 2.85. The number of benzene rings is 2. The van der Waals surface area contributed by atoms with Gasteiger partial charge in [-0.3, -0.25) is 5.43 Å². The van der Waals surface area contributed by atoms with Crippen molar-refractivity contribution in [2.24, 2.45) is 5.10 Å². The summed E-state index contributed by atoms with van der Waals surface area (Å²) in [5.41, 5.74) is 7.29. The Morgan fingerprint density at radius 1 is 1.23 bits per heavy atom. The largest absolute Gasteiger partial charge is 0.347 e. The zero-order valence-corrected chi connectivity index (χ0v) is 13.4.